The Balaban J connectivity index is 2.05. The first-order valence-corrected chi connectivity index (χ1v) is 7.57. The van der Waals surface area contributed by atoms with Crippen molar-refractivity contribution < 1.29 is 9.84 Å². The van der Waals surface area contributed by atoms with Crippen LogP contribution in [0.25, 0.3) is 0 Å². The summed E-state index contributed by atoms with van der Waals surface area (Å²) in [6.07, 6.45) is 2.15. The second-order valence-corrected chi connectivity index (χ2v) is 5.55. The van der Waals surface area contributed by atoms with Gasteiger partial charge in [0.15, 0.2) is 11.5 Å². The minimum absolute atomic E-state index is 0.275. The lowest BCUT2D eigenvalue weighted by atomic mass is 9.90. The van der Waals surface area contributed by atoms with Crippen LogP contribution >= 0.6 is 0 Å². The second-order valence-electron chi connectivity index (χ2n) is 5.55. The topological polar surface area (TPSA) is 58.7 Å². The Bertz CT molecular complexity index is 436. The van der Waals surface area contributed by atoms with Gasteiger partial charge in [-0.25, -0.2) is 0 Å². The molecule has 0 aromatic heterocycles. The first kappa shape index (κ1) is 15.1. The molecule has 0 aliphatic carbocycles. The Labute approximate surface area is 121 Å². The summed E-state index contributed by atoms with van der Waals surface area (Å²) in [6, 6.07) is 6.03. The smallest absolute Gasteiger partial charge is 0.162 e. The van der Waals surface area contributed by atoms with E-state index in [0.29, 0.717) is 24.3 Å². The number of benzene rings is 1. The fraction of sp³-hybridized carbons (Fsp3) is 0.625. The highest BCUT2D eigenvalue weighted by Crippen LogP contribution is 2.31. The maximum absolute atomic E-state index is 10.2. The summed E-state index contributed by atoms with van der Waals surface area (Å²) in [5.41, 5.74) is 7.07. The van der Waals surface area contributed by atoms with Crippen LogP contribution in [0.5, 0.6) is 11.5 Å². The van der Waals surface area contributed by atoms with Gasteiger partial charge in [-0.05, 0) is 31.9 Å². The number of phenolic OH excluding ortho intramolecular Hbond substituents is 1. The Kier molecular flexibility index (Phi) is 5.26. The summed E-state index contributed by atoms with van der Waals surface area (Å²) >= 11 is 0. The molecule has 1 aliphatic heterocycles. The number of nitrogens with zero attached hydrogens (tertiary/aromatic N) is 1. The number of nitrogens with two attached hydrogens (primary N) is 1. The zero-order valence-electron chi connectivity index (χ0n) is 12.5. The predicted molar refractivity (Wildman–Crippen MR) is 80.9 cm³/mol. The fourth-order valence-corrected chi connectivity index (χ4v) is 2.91. The minimum Gasteiger partial charge on any atom is -0.504 e. The van der Waals surface area contributed by atoms with Crippen molar-refractivity contribution in [1.29, 1.82) is 0 Å². The number of piperidine rings is 1. The summed E-state index contributed by atoms with van der Waals surface area (Å²) in [5, 5.41) is 10.2. The molecule has 2 rings (SSSR count). The van der Waals surface area contributed by atoms with E-state index in [1.54, 1.807) is 0 Å². The third-order valence-electron chi connectivity index (χ3n) is 4.18. The zero-order valence-corrected chi connectivity index (χ0v) is 12.5. The molecule has 0 amide bonds. The highest BCUT2D eigenvalue weighted by atomic mass is 16.5. The van der Waals surface area contributed by atoms with Crippen molar-refractivity contribution >= 4 is 0 Å². The molecule has 112 valence electrons. The van der Waals surface area contributed by atoms with E-state index in [1.807, 2.05) is 25.1 Å². The number of aromatic hydroxyl groups is 1. The normalized spacial score (nSPS) is 23.8. The van der Waals surface area contributed by atoms with Gasteiger partial charge in [-0.2, -0.15) is 0 Å². The largest absolute Gasteiger partial charge is 0.504 e. The van der Waals surface area contributed by atoms with Crippen LogP contribution in [0.2, 0.25) is 0 Å². The van der Waals surface area contributed by atoms with Crippen molar-refractivity contribution in [2.45, 2.75) is 39.3 Å². The average Bonchev–Trinajstić information content (AvgIpc) is 2.45. The van der Waals surface area contributed by atoms with E-state index in [2.05, 4.69) is 11.8 Å². The van der Waals surface area contributed by atoms with Crippen molar-refractivity contribution in [2.75, 3.05) is 19.7 Å². The number of phenols is 1. The third-order valence-corrected chi connectivity index (χ3v) is 4.18. The molecule has 2 atom stereocenters. The van der Waals surface area contributed by atoms with Gasteiger partial charge in [-0.3, -0.25) is 4.90 Å². The number of para-hydroxylation sites is 1. The average molecular weight is 278 g/mol. The second kappa shape index (κ2) is 6.95. The molecule has 0 radical (unpaired) electrons. The van der Waals surface area contributed by atoms with Gasteiger partial charge >= 0.3 is 0 Å². The summed E-state index contributed by atoms with van der Waals surface area (Å²) in [5.74, 6) is 1.41. The number of hydrogen-bond donors (Lipinski definition) is 2. The van der Waals surface area contributed by atoms with Gasteiger partial charge < -0.3 is 15.6 Å². The SMILES string of the molecule is CCOc1cccc(CN2CCC(N)C(CC)C2)c1O. The van der Waals surface area contributed by atoms with E-state index in [1.165, 1.54) is 0 Å². The first-order chi connectivity index (χ1) is 9.65. The van der Waals surface area contributed by atoms with Gasteiger partial charge in [-0.15, -0.1) is 0 Å². The van der Waals surface area contributed by atoms with Crippen LogP contribution in [0.15, 0.2) is 18.2 Å². The molecular weight excluding hydrogens is 252 g/mol. The van der Waals surface area contributed by atoms with Crippen molar-refractivity contribution in [3.8, 4) is 11.5 Å². The quantitative estimate of drug-likeness (QED) is 0.868. The van der Waals surface area contributed by atoms with Crippen molar-refractivity contribution in [1.82, 2.24) is 4.90 Å². The van der Waals surface area contributed by atoms with Crippen LogP contribution in [0.4, 0.5) is 0 Å². The summed E-state index contributed by atoms with van der Waals surface area (Å²) in [6.45, 7) is 7.45. The zero-order chi connectivity index (χ0) is 14.5. The van der Waals surface area contributed by atoms with E-state index < -0.39 is 0 Å². The van der Waals surface area contributed by atoms with Crippen LogP contribution in [-0.2, 0) is 6.54 Å². The molecule has 1 aromatic rings. The Hall–Kier alpha value is -1.26. The molecule has 1 fully saturated rings. The van der Waals surface area contributed by atoms with E-state index in [0.717, 1.165) is 38.0 Å². The fourth-order valence-electron chi connectivity index (χ4n) is 2.91. The van der Waals surface area contributed by atoms with Crippen molar-refractivity contribution in [2.24, 2.45) is 11.7 Å². The van der Waals surface area contributed by atoms with E-state index in [4.69, 9.17) is 10.5 Å². The molecule has 0 bridgehead atoms. The maximum atomic E-state index is 10.2. The Morgan fingerprint density at radius 2 is 2.20 bits per heavy atom. The van der Waals surface area contributed by atoms with Crippen LogP contribution in [0.3, 0.4) is 0 Å². The van der Waals surface area contributed by atoms with Crippen LogP contribution in [-0.4, -0.2) is 35.7 Å². The summed E-state index contributed by atoms with van der Waals surface area (Å²) in [7, 11) is 0. The Morgan fingerprint density at radius 1 is 1.40 bits per heavy atom. The van der Waals surface area contributed by atoms with Crippen LogP contribution in [0.1, 0.15) is 32.3 Å². The Morgan fingerprint density at radius 3 is 2.90 bits per heavy atom. The van der Waals surface area contributed by atoms with Crippen LogP contribution < -0.4 is 10.5 Å². The lowest BCUT2D eigenvalue weighted by molar-refractivity contribution is 0.144. The molecule has 1 saturated heterocycles. The van der Waals surface area contributed by atoms with Gasteiger partial charge in [0.1, 0.15) is 0 Å². The van der Waals surface area contributed by atoms with E-state index >= 15 is 0 Å². The molecule has 2 unspecified atom stereocenters. The van der Waals surface area contributed by atoms with Gasteiger partial charge in [0.2, 0.25) is 0 Å². The molecule has 1 aromatic carbocycles. The third kappa shape index (κ3) is 3.44. The molecular formula is C16H26N2O2. The standard InChI is InChI=1S/C16H26N2O2/c1-3-12-10-18(9-8-14(12)17)11-13-6-5-7-15(16(13)19)20-4-2/h5-7,12,14,19H,3-4,8-11,17H2,1-2H3. The van der Waals surface area contributed by atoms with E-state index in [9.17, 15) is 5.11 Å². The molecule has 4 heteroatoms. The molecule has 20 heavy (non-hydrogen) atoms. The number of hydrogen-bond acceptors (Lipinski definition) is 4. The molecule has 0 spiro atoms. The number of rotatable bonds is 5. The monoisotopic (exact) mass is 278 g/mol. The molecule has 1 heterocycles. The summed E-state index contributed by atoms with van der Waals surface area (Å²) in [4.78, 5) is 2.38. The predicted octanol–water partition coefficient (Wildman–Crippen LogP) is 2.35. The molecule has 0 saturated carbocycles. The lowest BCUT2D eigenvalue weighted by Gasteiger charge is -2.36. The highest BCUT2D eigenvalue weighted by Gasteiger charge is 2.25. The van der Waals surface area contributed by atoms with Gasteiger partial charge in [0.05, 0.1) is 6.61 Å². The van der Waals surface area contributed by atoms with Crippen molar-refractivity contribution in [3.05, 3.63) is 23.8 Å². The van der Waals surface area contributed by atoms with Crippen LogP contribution in [0, 0.1) is 5.92 Å². The molecule has 1 aliphatic rings. The van der Waals surface area contributed by atoms with Crippen molar-refractivity contribution in [3.63, 3.8) is 0 Å². The number of ether oxygens (including phenoxy) is 1. The summed E-state index contributed by atoms with van der Waals surface area (Å²) < 4.78 is 5.44. The van der Waals surface area contributed by atoms with Gasteiger partial charge in [0.25, 0.3) is 0 Å². The maximum Gasteiger partial charge on any atom is 0.162 e. The first-order valence-electron chi connectivity index (χ1n) is 7.57. The van der Waals surface area contributed by atoms with Gasteiger partial charge in [0, 0.05) is 24.7 Å². The molecule has 4 nitrogen and oxygen atoms in total. The molecule has 3 N–H and O–H groups in total. The van der Waals surface area contributed by atoms with Gasteiger partial charge in [-0.1, -0.05) is 25.5 Å². The van der Waals surface area contributed by atoms with E-state index in [-0.39, 0.29) is 5.75 Å². The highest BCUT2D eigenvalue weighted by molar-refractivity contribution is 5.45. The number of likely N-dealkylation sites (tertiary alicyclic amines) is 1. The lowest BCUT2D eigenvalue weighted by Crippen LogP contribution is -2.46. The minimum atomic E-state index is 0.275.